The summed E-state index contributed by atoms with van der Waals surface area (Å²) in [5, 5.41) is 9.78. The first-order chi connectivity index (χ1) is 5.39. The molecule has 2 heteroatoms. The number of carbonyl (C=O) groups is 1. The fourth-order valence-electron chi connectivity index (χ4n) is 2.97. The number of rotatable bonds is 0. The Labute approximate surface area is 73.0 Å². The number of hydrogen-bond acceptors (Lipinski definition) is 2. The van der Waals surface area contributed by atoms with Crippen molar-refractivity contribution in [2.24, 2.45) is 16.7 Å². The van der Waals surface area contributed by atoms with Gasteiger partial charge in [-0.2, -0.15) is 0 Å². The molecule has 0 aromatic rings. The molecule has 2 aliphatic rings. The van der Waals surface area contributed by atoms with Gasteiger partial charge in [-0.3, -0.25) is 4.79 Å². The minimum Gasteiger partial charge on any atom is -0.393 e. The van der Waals surface area contributed by atoms with Crippen molar-refractivity contribution in [3.05, 3.63) is 0 Å². The Balaban J connectivity index is 2.47. The minimum atomic E-state index is -0.268. The molecular weight excluding hydrogens is 152 g/mol. The molecule has 0 amide bonds. The molecule has 0 heterocycles. The Morgan fingerprint density at radius 1 is 1.42 bits per heavy atom. The van der Waals surface area contributed by atoms with Crippen molar-refractivity contribution in [3.8, 4) is 0 Å². The average molecular weight is 168 g/mol. The van der Waals surface area contributed by atoms with Crippen LogP contribution >= 0.6 is 0 Å². The highest BCUT2D eigenvalue weighted by molar-refractivity contribution is 5.87. The molecule has 2 rings (SSSR count). The van der Waals surface area contributed by atoms with E-state index >= 15 is 0 Å². The van der Waals surface area contributed by atoms with Gasteiger partial charge in [0.15, 0.2) is 0 Å². The molecule has 0 aliphatic heterocycles. The van der Waals surface area contributed by atoms with Crippen molar-refractivity contribution in [1.29, 1.82) is 0 Å². The van der Waals surface area contributed by atoms with Crippen molar-refractivity contribution >= 4 is 5.78 Å². The molecule has 2 aliphatic carbocycles. The SMILES string of the molecule is CC1(C)[C@@H]2C[C@H](O)[C@]1(C)CC2=O. The summed E-state index contributed by atoms with van der Waals surface area (Å²) in [6, 6.07) is 0. The maximum atomic E-state index is 11.5. The predicted molar refractivity (Wildman–Crippen MR) is 45.6 cm³/mol. The zero-order chi connectivity index (χ0) is 9.15. The molecule has 3 atom stereocenters. The van der Waals surface area contributed by atoms with E-state index in [0.29, 0.717) is 18.6 Å². The van der Waals surface area contributed by atoms with Crippen LogP contribution in [0.3, 0.4) is 0 Å². The third kappa shape index (κ3) is 0.634. The summed E-state index contributed by atoms with van der Waals surface area (Å²) in [7, 11) is 0. The van der Waals surface area contributed by atoms with Gasteiger partial charge >= 0.3 is 0 Å². The molecule has 2 saturated carbocycles. The standard InChI is InChI=1S/C10H16O2/c1-9(2)6-4-8(12)10(9,3)5-7(6)11/h6,8,12H,4-5H2,1-3H3/t6-,8+,10+/m1/s1. The first-order valence-corrected chi connectivity index (χ1v) is 4.60. The van der Waals surface area contributed by atoms with Crippen molar-refractivity contribution in [1.82, 2.24) is 0 Å². The van der Waals surface area contributed by atoms with Crippen LogP contribution in [-0.4, -0.2) is 17.0 Å². The minimum absolute atomic E-state index is 0.00347. The third-order valence-corrected chi connectivity index (χ3v) is 4.47. The van der Waals surface area contributed by atoms with Gasteiger partial charge in [0.1, 0.15) is 5.78 Å². The number of aliphatic hydroxyl groups is 1. The first-order valence-electron chi connectivity index (χ1n) is 4.60. The second-order valence-electron chi connectivity index (χ2n) is 5.09. The lowest BCUT2D eigenvalue weighted by Crippen LogP contribution is -2.35. The van der Waals surface area contributed by atoms with Gasteiger partial charge in [0.25, 0.3) is 0 Å². The average Bonchev–Trinajstić information content (AvgIpc) is 2.18. The second kappa shape index (κ2) is 1.92. The lowest BCUT2D eigenvalue weighted by Gasteiger charge is -2.35. The van der Waals surface area contributed by atoms with Crippen LogP contribution in [0.4, 0.5) is 0 Å². The van der Waals surface area contributed by atoms with Crippen LogP contribution in [0.25, 0.3) is 0 Å². The number of fused-ring (bicyclic) bond motifs is 2. The number of aliphatic hydroxyl groups excluding tert-OH is 1. The van der Waals surface area contributed by atoms with Crippen LogP contribution < -0.4 is 0 Å². The Hall–Kier alpha value is -0.370. The van der Waals surface area contributed by atoms with Gasteiger partial charge in [0.2, 0.25) is 0 Å². The molecule has 68 valence electrons. The van der Waals surface area contributed by atoms with E-state index in [1.807, 2.05) is 6.92 Å². The van der Waals surface area contributed by atoms with Crippen LogP contribution in [0.2, 0.25) is 0 Å². The van der Waals surface area contributed by atoms with E-state index in [0.717, 1.165) is 0 Å². The maximum absolute atomic E-state index is 11.5. The van der Waals surface area contributed by atoms with Gasteiger partial charge < -0.3 is 5.11 Å². The van der Waals surface area contributed by atoms with E-state index in [1.165, 1.54) is 0 Å². The monoisotopic (exact) mass is 168 g/mol. The van der Waals surface area contributed by atoms with Crippen LogP contribution in [-0.2, 0) is 4.79 Å². The first kappa shape index (κ1) is 8.24. The lowest BCUT2D eigenvalue weighted by atomic mass is 9.70. The van der Waals surface area contributed by atoms with Crippen molar-refractivity contribution in [2.75, 3.05) is 0 Å². The highest BCUT2D eigenvalue weighted by Crippen LogP contribution is 2.63. The van der Waals surface area contributed by atoms with Gasteiger partial charge in [0.05, 0.1) is 6.10 Å². The topological polar surface area (TPSA) is 37.3 Å². The molecule has 0 unspecified atom stereocenters. The molecule has 0 aromatic heterocycles. The van der Waals surface area contributed by atoms with Gasteiger partial charge in [-0.25, -0.2) is 0 Å². The number of carbonyl (C=O) groups excluding carboxylic acids is 1. The lowest BCUT2D eigenvalue weighted by molar-refractivity contribution is -0.124. The zero-order valence-corrected chi connectivity index (χ0v) is 7.92. The maximum Gasteiger partial charge on any atom is 0.137 e. The van der Waals surface area contributed by atoms with Crippen molar-refractivity contribution in [3.63, 3.8) is 0 Å². The summed E-state index contributed by atoms with van der Waals surface area (Å²) in [6.07, 6.45) is 0.990. The molecule has 0 aromatic carbocycles. The fraction of sp³-hybridized carbons (Fsp3) is 0.900. The molecule has 1 N–H and O–H groups in total. The van der Waals surface area contributed by atoms with Crippen LogP contribution in [0.1, 0.15) is 33.6 Å². The van der Waals surface area contributed by atoms with E-state index in [-0.39, 0.29) is 22.9 Å². The molecule has 0 radical (unpaired) electrons. The zero-order valence-electron chi connectivity index (χ0n) is 7.92. The highest BCUT2D eigenvalue weighted by atomic mass is 16.3. The molecule has 0 spiro atoms. The summed E-state index contributed by atoms with van der Waals surface area (Å²) in [5.41, 5.74) is -0.155. The number of hydrogen-bond donors (Lipinski definition) is 1. The summed E-state index contributed by atoms with van der Waals surface area (Å²) in [4.78, 5) is 11.5. The highest BCUT2D eigenvalue weighted by Gasteiger charge is 2.65. The largest absolute Gasteiger partial charge is 0.393 e. The molecular formula is C10H16O2. The molecule has 2 fully saturated rings. The molecule has 2 nitrogen and oxygen atoms in total. The van der Waals surface area contributed by atoms with Crippen molar-refractivity contribution in [2.45, 2.75) is 39.7 Å². The van der Waals surface area contributed by atoms with E-state index in [9.17, 15) is 9.90 Å². The van der Waals surface area contributed by atoms with E-state index in [4.69, 9.17) is 0 Å². The van der Waals surface area contributed by atoms with Gasteiger partial charge in [-0.1, -0.05) is 20.8 Å². The van der Waals surface area contributed by atoms with E-state index in [2.05, 4.69) is 13.8 Å². The van der Waals surface area contributed by atoms with Crippen LogP contribution in [0, 0.1) is 16.7 Å². The summed E-state index contributed by atoms with van der Waals surface area (Å²) < 4.78 is 0. The summed E-state index contributed by atoms with van der Waals surface area (Å²) >= 11 is 0. The Morgan fingerprint density at radius 3 is 2.25 bits per heavy atom. The van der Waals surface area contributed by atoms with E-state index in [1.54, 1.807) is 0 Å². The predicted octanol–water partition coefficient (Wildman–Crippen LogP) is 1.37. The van der Waals surface area contributed by atoms with Gasteiger partial charge in [-0.15, -0.1) is 0 Å². The number of ketones is 1. The van der Waals surface area contributed by atoms with Crippen LogP contribution in [0.15, 0.2) is 0 Å². The molecule has 2 bridgehead atoms. The summed E-state index contributed by atoms with van der Waals surface area (Å²) in [5.74, 6) is 0.463. The normalized spacial score (nSPS) is 50.2. The quantitative estimate of drug-likeness (QED) is 0.593. The number of Topliss-reactive ketones (excluding diaryl/α,β-unsaturated/α-hetero) is 1. The van der Waals surface area contributed by atoms with E-state index < -0.39 is 0 Å². The van der Waals surface area contributed by atoms with Crippen molar-refractivity contribution < 1.29 is 9.90 Å². The Bertz CT molecular complexity index is 244. The Kier molecular flexibility index (Phi) is 1.32. The summed E-state index contributed by atoms with van der Waals surface area (Å²) in [6.45, 7) is 6.26. The van der Waals surface area contributed by atoms with Crippen LogP contribution in [0.5, 0.6) is 0 Å². The van der Waals surface area contributed by atoms with Gasteiger partial charge in [-0.05, 0) is 11.8 Å². The Morgan fingerprint density at radius 2 is 2.00 bits per heavy atom. The molecule has 0 saturated heterocycles. The second-order valence-corrected chi connectivity index (χ2v) is 5.09. The third-order valence-electron chi connectivity index (χ3n) is 4.47. The van der Waals surface area contributed by atoms with Gasteiger partial charge in [0, 0.05) is 17.8 Å². The smallest absolute Gasteiger partial charge is 0.137 e. The fourth-order valence-corrected chi connectivity index (χ4v) is 2.97. The molecule has 12 heavy (non-hydrogen) atoms.